The first-order chi connectivity index (χ1) is 9.70. The second-order valence-electron chi connectivity index (χ2n) is 4.42. The van der Waals surface area contributed by atoms with E-state index in [0.717, 1.165) is 16.2 Å². The second-order valence-corrected chi connectivity index (χ2v) is 5.73. The number of H-pyrrole nitrogens is 1. The molecule has 3 aromatic rings. The van der Waals surface area contributed by atoms with Crippen LogP contribution in [0, 0.1) is 0 Å². The Morgan fingerprint density at radius 2 is 2.30 bits per heavy atom. The summed E-state index contributed by atoms with van der Waals surface area (Å²) in [5, 5.41) is 10.5. The molecule has 2 N–H and O–H groups in total. The zero-order valence-corrected chi connectivity index (χ0v) is 12.1. The third-order valence-corrected chi connectivity index (χ3v) is 4.06. The number of benzene rings is 1. The fourth-order valence-electron chi connectivity index (χ4n) is 2.05. The van der Waals surface area contributed by atoms with Gasteiger partial charge in [0.15, 0.2) is 5.16 Å². The SMILES string of the molecule is CCNC(=O)C(C)Sc1n[nH]c2nc3ccccc3n12. The number of hydrogen-bond donors (Lipinski definition) is 2. The van der Waals surface area contributed by atoms with E-state index in [4.69, 9.17) is 0 Å². The number of nitrogens with one attached hydrogen (secondary N) is 2. The van der Waals surface area contributed by atoms with Crippen molar-refractivity contribution in [2.75, 3.05) is 6.54 Å². The van der Waals surface area contributed by atoms with E-state index in [1.165, 1.54) is 11.8 Å². The lowest BCUT2D eigenvalue weighted by Crippen LogP contribution is -2.30. The van der Waals surface area contributed by atoms with Gasteiger partial charge in [0.2, 0.25) is 11.7 Å². The van der Waals surface area contributed by atoms with Gasteiger partial charge in [-0.15, -0.1) is 5.10 Å². The minimum absolute atomic E-state index is 0.0121. The summed E-state index contributed by atoms with van der Waals surface area (Å²) in [6, 6.07) is 7.86. The smallest absolute Gasteiger partial charge is 0.233 e. The van der Waals surface area contributed by atoms with Crippen molar-refractivity contribution >= 4 is 34.5 Å². The molecule has 0 aliphatic rings. The van der Waals surface area contributed by atoms with Crippen LogP contribution in [0.4, 0.5) is 0 Å². The van der Waals surface area contributed by atoms with Crippen molar-refractivity contribution in [3.05, 3.63) is 24.3 Å². The van der Waals surface area contributed by atoms with Crippen molar-refractivity contribution in [1.82, 2.24) is 24.9 Å². The fraction of sp³-hybridized carbons (Fsp3) is 0.308. The number of para-hydroxylation sites is 2. The molecule has 0 bridgehead atoms. The topological polar surface area (TPSA) is 75.1 Å². The van der Waals surface area contributed by atoms with Crippen LogP contribution in [0.2, 0.25) is 0 Å². The zero-order chi connectivity index (χ0) is 14.1. The molecule has 2 heterocycles. The summed E-state index contributed by atoms with van der Waals surface area (Å²) >= 11 is 1.42. The molecule has 1 aromatic carbocycles. The highest BCUT2D eigenvalue weighted by Crippen LogP contribution is 2.25. The van der Waals surface area contributed by atoms with Gasteiger partial charge in [0.1, 0.15) is 0 Å². The molecule has 20 heavy (non-hydrogen) atoms. The van der Waals surface area contributed by atoms with E-state index < -0.39 is 0 Å². The third kappa shape index (κ3) is 2.14. The summed E-state index contributed by atoms with van der Waals surface area (Å²) in [4.78, 5) is 16.3. The number of hydrogen-bond acceptors (Lipinski definition) is 4. The van der Waals surface area contributed by atoms with Crippen LogP contribution in [-0.2, 0) is 4.79 Å². The molecule has 0 fully saturated rings. The van der Waals surface area contributed by atoms with E-state index in [2.05, 4.69) is 20.5 Å². The Bertz CT molecular complexity index is 762. The first-order valence-corrected chi connectivity index (χ1v) is 7.34. The van der Waals surface area contributed by atoms with Gasteiger partial charge in [0.25, 0.3) is 0 Å². The molecular weight excluding hydrogens is 274 g/mol. The van der Waals surface area contributed by atoms with Gasteiger partial charge >= 0.3 is 0 Å². The molecular formula is C13H15N5OS. The highest BCUT2D eigenvalue weighted by molar-refractivity contribution is 8.00. The number of imidazole rings is 1. The maximum absolute atomic E-state index is 11.8. The number of thioether (sulfide) groups is 1. The van der Waals surface area contributed by atoms with Crippen molar-refractivity contribution in [2.24, 2.45) is 0 Å². The molecule has 1 atom stereocenters. The van der Waals surface area contributed by atoms with E-state index in [1.807, 2.05) is 42.5 Å². The number of rotatable bonds is 4. The van der Waals surface area contributed by atoms with E-state index in [0.29, 0.717) is 12.3 Å². The van der Waals surface area contributed by atoms with Crippen molar-refractivity contribution < 1.29 is 4.79 Å². The Balaban J connectivity index is 1.97. The van der Waals surface area contributed by atoms with Crippen LogP contribution in [0.3, 0.4) is 0 Å². The molecule has 104 valence electrons. The van der Waals surface area contributed by atoms with Crippen LogP contribution in [0.1, 0.15) is 13.8 Å². The average molecular weight is 289 g/mol. The van der Waals surface area contributed by atoms with Gasteiger partial charge in [-0.1, -0.05) is 23.9 Å². The quantitative estimate of drug-likeness (QED) is 0.719. The first kappa shape index (κ1) is 13.0. The summed E-state index contributed by atoms with van der Waals surface area (Å²) < 4.78 is 1.94. The van der Waals surface area contributed by atoms with Crippen LogP contribution >= 0.6 is 11.8 Å². The minimum Gasteiger partial charge on any atom is -0.355 e. The van der Waals surface area contributed by atoms with Crippen molar-refractivity contribution in [3.63, 3.8) is 0 Å². The van der Waals surface area contributed by atoms with Crippen molar-refractivity contribution in [2.45, 2.75) is 24.3 Å². The first-order valence-electron chi connectivity index (χ1n) is 6.46. The maximum atomic E-state index is 11.8. The van der Waals surface area contributed by atoms with Crippen molar-refractivity contribution in [3.8, 4) is 0 Å². The molecule has 1 unspecified atom stereocenters. The average Bonchev–Trinajstić information content (AvgIpc) is 2.99. The lowest BCUT2D eigenvalue weighted by molar-refractivity contribution is -0.120. The zero-order valence-electron chi connectivity index (χ0n) is 11.3. The van der Waals surface area contributed by atoms with E-state index in [1.54, 1.807) is 0 Å². The Hall–Kier alpha value is -2.02. The molecule has 3 rings (SSSR count). The normalized spacial score (nSPS) is 12.9. The molecule has 0 aliphatic carbocycles. The van der Waals surface area contributed by atoms with Gasteiger partial charge < -0.3 is 5.32 Å². The summed E-state index contributed by atoms with van der Waals surface area (Å²) in [6.07, 6.45) is 0. The standard InChI is InChI=1S/C13H15N5OS/c1-3-14-11(19)8(2)20-13-17-16-12-15-9-6-4-5-7-10(9)18(12)13/h4-8H,3H2,1-2H3,(H,14,19)(H,15,16). The molecule has 0 spiro atoms. The largest absolute Gasteiger partial charge is 0.355 e. The van der Waals surface area contributed by atoms with E-state index in [9.17, 15) is 4.79 Å². The number of fused-ring (bicyclic) bond motifs is 3. The molecule has 0 saturated carbocycles. The summed E-state index contributed by atoms with van der Waals surface area (Å²) in [5.74, 6) is 0.704. The number of amides is 1. The lowest BCUT2D eigenvalue weighted by atomic mass is 10.3. The van der Waals surface area contributed by atoms with E-state index >= 15 is 0 Å². The van der Waals surface area contributed by atoms with Crippen LogP contribution in [-0.4, -0.2) is 37.3 Å². The van der Waals surface area contributed by atoms with Gasteiger partial charge in [0.05, 0.1) is 16.3 Å². The molecule has 0 radical (unpaired) electrons. The van der Waals surface area contributed by atoms with Gasteiger partial charge in [-0.25, -0.2) is 10.1 Å². The number of carbonyl (C=O) groups excluding carboxylic acids is 1. The maximum Gasteiger partial charge on any atom is 0.233 e. The second kappa shape index (κ2) is 5.16. The van der Waals surface area contributed by atoms with E-state index in [-0.39, 0.29) is 11.2 Å². The Labute approximate surface area is 120 Å². The highest BCUT2D eigenvalue weighted by Gasteiger charge is 2.18. The monoisotopic (exact) mass is 289 g/mol. The number of carbonyl (C=O) groups is 1. The van der Waals surface area contributed by atoms with Gasteiger partial charge in [-0.05, 0) is 26.0 Å². The molecule has 6 nitrogen and oxygen atoms in total. The Kier molecular flexibility index (Phi) is 3.35. The lowest BCUT2D eigenvalue weighted by Gasteiger charge is -2.08. The van der Waals surface area contributed by atoms with Gasteiger partial charge in [-0.3, -0.25) is 9.20 Å². The summed E-state index contributed by atoms with van der Waals surface area (Å²) in [5.41, 5.74) is 1.90. The number of aromatic nitrogens is 4. The van der Waals surface area contributed by atoms with Gasteiger partial charge in [0, 0.05) is 6.54 Å². The summed E-state index contributed by atoms with van der Waals surface area (Å²) in [7, 11) is 0. The number of nitrogens with zero attached hydrogens (tertiary/aromatic N) is 3. The molecule has 0 saturated heterocycles. The number of aromatic amines is 1. The molecule has 2 aromatic heterocycles. The van der Waals surface area contributed by atoms with Crippen LogP contribution < -0.4 is 5.32 Å². The van der Waals surface area contributed by atoms with Gasteiger partial charge in [-0.2, -0.15) is 0 Å². The predicted octanol–water partition coefficient (Wildman–Crippen LogP) is 1.83. The van der Waals surface area contributed by atoms with Crippen LogP contribution in [0.25, 0.3) is 16.8 Å². The highest BCUT2D eigenvalue weighted by atomic mass is 32.2. The third-order valence-electron chi connectivity index (χ3n) is 3.01. The molecule has 0 aliphatic heterocycles. The minimum atomic E-state index is -0.206. The van der Waals surface area contributed by atoms with Crippen LogP contribution in [0.15, 0.2) is 29.4 Å². The summed E-state index contributed by atoms with van der Waals surface area (Å²) in [6.45, 7) is 4.41. The predicted molar refractivity (Wildman–Crippen MR) is 78.8 cm³/mol. The fourth-order valence-corrected chi connectivity index (χ4v) is 2.95. The Morgan fingerprint density at radius 1 is 1.50 bits per heavy atom. The molecule has 1 amide bonds. The van der Waals surface area contributed by atoms with Crippen molar-refractivity contribution in [1.29, 1.82) is 0 Å². The Morgan fingerprint density at radius 3 is 3.10 bits per heavy atom. The molecule has 7 heteroatoms. The van der Waals surface area contributed by atoms with Crippen LogP contribution in [0.5, 0.6) is 0 Å².